The minimum absolute atomic E-state index is 0.501. The van der Waals surface area contributed by atoms with Gasteiger partial charge in [0.2, 0.25) is 5.88 Å². The molecule has 0 spiro atoms. The molecule has 0 saturated carbocycles. The number of rotatable bonds is 3. The van der Waals surface area contributed by atoms with E-state index >= 15 is 0 Å². The van der Waals surface area contributed by atoms with E-state index in [4.69, 9.17) is 4.74 Å². The van der Waals surface area contributed by atoms with Crippen LogP contribution in [-0.4, -0.2) is 24.2 Å². The number of aromatic nitrogens is 1. The molecule has 2 rings (SSSR count). The Hall–Kier alpha value is -1.09. The molecule has 0 amide bonds. The van der Waals surface area contributed by atoms with Crippen LogP contribution in [0, 0.1) is 6.92 Å². The fourth-order valence-electron chi connectivity index (χ4n) is 1.84. The van der Waals surface area contributed by atoms with Gasteiger partial charge in [-0.1, -0.05) is 6.42 Å². The minimum atomic E-state index is 0.501. The van der Waals surface area contributed by atoms with E-state index in [0.717, 1.165) is 19.0 Å². The number of hydrogen-bond donors (Lipinski definition) is 1. The van der Waals surface area contributed by atoms with Crippen LogP contribution in [0.1, 0.15) is 24.8 Å². The van der Waals surface area contributed by atoms with Crippen molar-refractivity contribution in [1.82, 2.24) is 10.3 Å². The predicted molar refractivity (Wildman–Crippen MR) is 60.1 cm³/mol. The summed E-state index contributed by atoms with van der Waals surface area (Å²) >= 11 is 0. The molecule has 2 heterocycles. The number of ether oxygens (including phenoxy) is 1. The SMILES string of the molecule is Cc1ccnc(OCC2CCCCN2)c1. The molecule has 3 nitrogen and oxygen atoms in total. The Kier molecular flexibility index (Phi) is 3.56. The fraction of sp³-hybridized carbons (Fsp3) is 0.583. The van der Waals surface area contributed by atoms with Crippen molar-refractivity contribution in [3.05, 3.63) is 23.9 Å². The van der Waals surface area contributed by atoms with Crippen LogP contribution in [-0.2, 0) is 0 Å². The van der Waals surface area contributed by atoms with E-state index in [0.29, 0.717) is 6.04 Å². The van der Waals surface area contributed by atoms with Crippen molar-refractivity contribution >= 4 is 0 Å². The maximum absolute atomic E-state index is 5.65. The molecule has 1 atom stereocenters. The molecule has 1 fully saturated rings. The minimum Gasteiger partial charge on any atom is -0.476 e. The molecular weight excluding hydrogens is 188 g/mol. The Balaban J connectivity index is 1.81. The smallest absolute Gasteiger partial charge is 0.213 e. The number of hydrogen-bond acceptors (Lipinski definition) is 3. The summed E-state index contributed by atoms with van der Waals surface area (Å²) in [6.45, 7) is 3.90. The third-order valence-corrected chi connectivity index (χ3v) is 2.74. The second-order valence-electron chi connectivity index (χ2n) is 4.13. The molecule has 1 N–H and O–H groups in total. The van der Waals surface area contributed by atoms with Gasteiger partial charge >= 0.3 is 0 Å². The topological polar surface area (TPSA) is 34.1 Å². The average Bonchev–Trinajstić information content (AvgIpc) is 2.28. The second kappa shape index (κ2) is 5.12. The van der Waals surface area contributed by atoms with Gasteiger partial charge in [-0.2, -0.15) is 0 Å². The molecule has 1 aliphatic rings. The highest BCUT2D eigenvalue weighted by molar-refractivity contribution is 5.18. The maximum atomic E-state index is 5.65. The molecule has 1 unspecified atom stereocenters. The van der Waals surface area contributed by atoms with Crippen molar-refractivity contribution in [2.24, 2.45) is 0 Å². The van der Waals surface area contributed by atoms with Crippen LogP contribution in [0.5, 0.6) is 5.88 Å². The molecule has 0 bridgehead atoms. The highest BCUT2D eigenvalue weighted by atomic mass is 16.5. The van der Waals surface area contributed by atoms with E-state index < -0.39 is 0 Å². The first-order chi connectivity index (χ1) is 7.34. The van der Waals surface area contributed by atoms with E-state index in [2.05, 4.69) is 10.3 Å². The molecule has 0 aliphatic carbocycles. The van der Waals surface area contributed by atoms with Gasteiger partial charge in [0.15, 0.2) is 0 Å². The maximum Gasteiger partial charge on any atom is 0.213 e. The molecule has 1 aromatic rings. The number of nitrogens with one attached hydrogen (secondary N) is 1. The van der Waals surface area contributed by atoms with E-state index in [-0.39, 0.29) is 0 Å². The standard InChI is InChI=1S/C12H18N2O/c1-10-5-7-14-12(8-10)15-9-11-4-2-3-6-13-11/h5,7-8,11,13H,2-4,6,9H2,1H3. The molecule has 82 valence electrons. The van der Waals surface area contributed by atoms with Crippen molar-refractivity contribution in [2.75, 3.05) is 13.2 Å². The molecule has 1 aliphatic heterocycles. The molecule has 1 aromatic heterocycles. The van der Waals surface area contributed by atoms with Gasteiger partial charge in [0.25, 0.3) is 0 Å². The zero-order valence-electron chi connectivity index (χ0n) is 9.20. The summed E-state index contributed by atoms with van der Waals surface area (Å²) in [7, 11) is 0. The lowest BCUT2D eigenvalue weighted by atomic mass is 10.1. The van der Waals surface area contributed by atoms with Crippen molar-refractivity contribution in [3.8, 4) is 5.88 Å². The van der Waals surface area contributed by atoms with Gasteiger partial charge in [0, 0.05) is 18.3 Å². The van der Waals surface area contributed by atoms with Crippen molar-refractivity contribution < 1.29 is 4.74 Å². The largest absolute Gasteiger partial charge is 0.476 e. The van der Waals surface area contributed by atoms with Gasteiger partial charge in [-0.05, 0) is 37.9 Å². The third-order valence-electron chi connectivity index (χ3n) is 2.74. The average molecular weight is 206 g/mol. The summed E-state index contributed by atoms with van der Waals surface area (Å²) in [6.07, 6.45) is 5.60. The molecule has 3 heteroatoms. The van der Waals surface area contributed by atoms with Crippen LogP contribution < -0.4 is 10.1 Å². The van der Waals surface area contributed by atoms with Crippen LogP contribution in [0.3, 0.4) is 0 Å². The van der Waals surface area contributed by atoms with E-state index in [9.17, 15) is 0 Å². The van der Waals surface area contributed by atoms with Gasteiger partial charge < -0.3 is 10.1 Å². The number of nitrogens with zero attached hydrogens (tertiary/aromatic N) is 1. The lowest BCUT2D eigenvalue weighted by molar-refractivity contribution is 0.232. The van der Waals surface area contributed by atoms with Gasteiger partial charge in [-0.15, -0.1) is 0 Å². The number of pyridine rings is 1. The van der Waals surface area contributed by atoms with E-state index in [1.165, 1.54) is 24.8 Å². The quantitative estimate of drug-likeness (QED) is 0.820. The van der Waals surface area contributed by atoms with E-state index in [1.807, 2.05) is 19.1 Å². The zero-order valence-corrected chi connectivity index (χ0v) is 9.20. The second-order valence-corrected chi connectivity index (χ2v) is 4.13. The summed E-state index contributed by atoms with van der Waals surface area (Å²) < 4.78 is 5.65. The Bertz CT molecular complexity index is 308. The summed E-state index contributed by atoms with van der Waals surface area (Å²) in [5, 5.41) is 3.45. The Morgan fingerprint density at radius 2 is 2.47 bits per heavy atom. The lowest BCUT2D eigenvalue weighted by Crippen LogP contribution is -2.38. The Labute approximate surface area is 90.9 Å². The van der Waals surface area contributed by atoms with Gasteiger partial charge in [0.1, 0.15) is 6.61 Å². The summed E-state index contributed by atoms with van der Waals surface area (Å²) in [5.74, 6) is 0.738. The number of aryl methyl sites for hydroxylation is 1. The normalized spacial score (nSPS) is 21.3. The third kappa shape index (κ3) is 3.20. The van der Waals surface area contributed by atoms with Crippen LogP contribution in [0.2, 0.25) is 0 Å². The molecule has 15 heavy (non-hydrogen) atoms. The Morgan fingerprint density at radius 1 is 1.53 bits per heavy atom. The van der Waals surface area contributed by atoms with Gasteiger partial charge in [-0.25, -0.2) is 4.98 Å². The van der Waals surface area contributed by atoms with Crippen LogP contribution in [0.15, 0.2) is 18.3 Å². The van der Waals surface area contributed by atoms with Crippen molar-refractivity contribution in [3.63, 3.8) is 0 Å². The van der Waals surface area contributed by atoms with Crippen LogP contribution in [0.4, 0.5) is 0 Å². The summed E-state index contributed by atoms with van der Waals surface area (Å²) in [4.78, 5) is 4.17. The van der Waals surface area contributed by atoms with Gasteiger partial charge in [0.05, 0.1) is 0 Å². The molecular formula is C12H18N2O. The zero-order chi connectivity index (χ0) is 10.5. The van der Waals surface area contributed by atoms with Crippen LogP contribution in [0.25, 0.3) is 0 Å². The predicted octanol–water partition coefficient (Wildman–Crippen LogP) is 1.91. The lowest BCUT2D eigenvalue weighted by Gasteiger charge is -2.23. The summed E-state index contributed by atoms with van der Waals surface area (Å²) in [5.41, 5.74) is 1.19. The van der Waals surface area contributed by atoms with Crippen molar-refractivity contribution in [1.29, 1.82) is 0 Å². The van der Waals surface area contributed by atoms with Crippen molar-refractivity contribution in [2.45, 2.75) is 32.2 Å². The van der Waals surface area contributed by atoms with E-state index in [1.54, 1.807) is 6.20 Å². The Morgan fingerprint density at radius 3 is 3.20 bits per heavy atom. The first-order valence-electron chi connectivity index (χ1n) is 5.63. The fourth-order valence-corrected chi connectivity index (χ4v) is 1.84. The number of piperidine rings is 1. The highest BCUT2D eigenvalue weighted by Crippen LogP contribution is 2.11. The van der Waals surface area contributed by atoms with Gasteiger partial charge in [-0.3, -0.25) is 0 Å². The first kappa shape index (κ1) is 10.4. The molecule has 0 radical (unpaired) electrons. The highest BCUT2D eigenvalue weighted by Gasteiger charge is 2.12. The monoisotopic (exact) mass is 206 g/mol. The molecule has 0 aromatic carbocycles. The first-order valence-corrected chi connectivity index (χ1v) is 5.63. The van der Waals surface area contributed by atoms with Crippen LogP contribution >= 0.6 is 0 Å². The molecule has 1 saturated heterocycles. The summed E-state index contributed by atoms with van der Waals surface area (Å²) in [6, 6.07) is 4.45.